The van der Waals surface area contributed by atoms with Crippen LogP contribution in [0.2, 0.25) is 0 Å². The first kappa shape index (κ1) is 13.7. The minimum atomic E-state index is -4.38. The Bertz CT molecular complexity index is 658. The lowest BCUT2D eigenvalue weighted by atomic mass is 10.2. The Morgan fingerprint density at radius 2 is 1.70 bits per heavy atom. The maximum absolute atomic E-state index is 12.4. The van der Waals surface area contributed by atoms with Gasteiger partial charge in [0.05, 0.1) is 22.9 Å². The van der Waals surface area contributed by atoms with Gasteiger partial charge in [0.15, 0.2) is 0 Å². The molecule has 2 aromatic rings. The molecular weight excluding hydrogens is 269 g/mol. The summed E-state index contributed by atoms with van der Waals surface area (Å²) in [5.41, 5.74) is 5.55. The summed E-state index contributed by atoms with van der Waals surface area (Å²) in [7, 11) is 0. The van der Waals surface area contributed by atoms with E-state index in [0.29, 0.717) is 5.56 Å². The Balaban J connectivity index is 2.21. The first-order valence-electron chi connectivity index (χ1n) is 5.55. The molecule has 0 bridgehead atoms. The van der Waals surface area contributed by atoms with Crippen molar-refractivity contribution in [3.05, 3.63) is 53.6 Å². The number of nitrogens with zero attached hydrogens (tertiary/aromatic N) is 1. The molecular formula is C14H9F3N2O. The van der Waals surface area contributed by atoms with Crippen LogP contribution in [0.5, 0.6) is 11.5 Å². The highest BCUT2D eigenvalue weighted by Crippen LogP contribution is 2.32. The molecule has 0 saturated carbocycles. The lowest BCUT2D eigenvalue weighted by molar-refractivity contribution is -0.137. The van der Waals surface area contributed by atoms with Gasteiger partial charge in [-0.15, -0.1) is 0 Å². The average molecular weight is 278 g/mol. The fourth-order valence-electron chi connectivity index (χ4n) is 1.55. The second-order valence-electron chi connectivity index (χ2n) is 3.99. The van der Waals surface area contributed by atoms with E-state index in [4.69, 9.17) is 15.7 Å². The first-order chi connectivity index (χ1) is 9.40. The van der Waals surface area contributed by atoms with Gasteiger partial charge in [-0.1, -0.05) is 0 Å². The zero-order valence-electron chi connectivity index (χ0n) is 10.1. The van der Waals surface area contributed by atoms with E-state index in [0.717, 1.165) is 12.1 Å². The van der Waals surface area contributed by atoms with Crippen molar-refractivity contribution in [2.75, 3.05) is 5.73 Å². The number of rotatable bonds is 2. The highest BCUT2D eigenvalue weighted by Gasteiger charge is 2.30. The molecule has 0 aliphatic heterocycles. The summed E-state index contributed by atoms with van der Waals surface area (Å²) < 4.78 is 42.6. The largest absolute Gasteiger partial charge is 0.455 e. The number of anilines is 1. The van der Waals surface area contributed by atoms with Crippen molar-refractivity contribution in [2.45, 2.75) is 6.18 Å². The number of ether oxygens (including phenoxy) is 1. The molecule has 2 N–H and O–H groups in total. The predicted molar refractivity (Wildman–Crippen MR) is 67.1 cm³/mol. The normalized spacial score (nSPS) is 10.9. The summed E-state index contributed by atoms with van der Waals surface area (Å²) in [5.74, 6) is 0.512. The smallest absolute Gasteiger partial charge is 0.416 e. The summed E-state index contributed by atoms with van der Waals surface area (Å²) in [6.07, 6.45) is -4.38. The Labute approximate surface area is 113 Å². The van der Waals surface area contributed by atoms with E-state index in [1.54, 1.807) is 0 Å². The number of alkyl halides is 3. The van der Waals surface area contributed by atoms with Crippen molar-refractivity contribution < 1.29 is 17.9 Å². The topological polar surface area (TPSA) is 59.0 Å². The molecule has 0 atom stereocenters. The van der Waals surface area contributed by atoms with Crippen LogP contribution in [-0.4, -0.2) is 0 Å². The van der Waals surface area contributed by atoms with Crippen LogP contribution in [0, 0.1) is 11.3 Å². The third-order valence-corrected chi connectivity index (χ3v) is 2.55. The summed E-state index contributed by atoms with van der Waals surface area (Å²) in [6.45, 7) is 0. The van der Waals surface area contributed by atoms with Gasteiger partial charge in [0.1, 0.15) is 11.5 Å². The number of hydrogen-bond donors (Lipinski definition) is 1. The third-order valence-electron chi connectivity index (χ3n) is 2.55. The number of nitrogens with two attached hydrogens (primary N) is 1. The molecule has 0 unspecified atom stereocenters. The molecule has 0 spiro atoms. The van der Waals surface area contributed by atoms with E-state index < -0.39 is 11.7 Å². The van der Waals surface area contributed by atoms with Gasteiger partial charge >= 0.3 is 6.18 Å². The Morgan fingerprint density at radius 3 is 2.20 bits per heavy atom. The van der Waals surface area contributed by atoms with Gasteiger partial charge in [-0.2, -0.15) is 18.4 Å². The molecule has 2 rings (SSSR count). The van der Waals surface area contributed by atoms with Crippen molar-refractivity contribution in [2.24, 2.45) is 0 Å². The molecule has 6 heteroatoms. The maximum Gasteiger partial charge on any atom is 0.416 e. The lowest BCUT2D eigenvalue weighted by Crippen LogP contribution is -2.04. The maximum atomic E-state index is 12.4. The molecule has 0 heterocycles. The first-order valence-corrected chi connectivity index (χ1v) is 5.55. The van der Waals surface area contributed by atoms with E-state index in [1.165, 1.54) is 30.3 Å². The fourth-order valence-corrected chi connectivity index (χ4v) is 1.55. The van der Waals surface area contributed by atoms with Gasteiger partial charge < -0.3 is 10.5 Å². The van der Waals surface area contributed by atoms with E-state index in [-0.39, 0.29) is 17.2 Å². The van der Waals surface area contributed by atoms with Crippen LogP contribution in [-0.2, 0) is 6.18 Å². The molecule has 0 aromatic heterocycles. The molecule has 2 aromatic carbocycles. The fraction of sp³-hybridized carbons (Fsp3) is 0.0714. The molecule has 102 valence electrons. The zero-order chi connectivity index (χ0) is 14.8. The van der Waals surface area contributed by atoms with Crippen molar-refractivity contribution in [1.29, 1.82) is 5.26 Å². The monoisotopic (exact) mass is 278 g/mol. The predicted octanol–water partition coefficient (Wildman–Crippen LogP) is 3.95. The van der Waals surface area contributed by atoms with Crippen molar-refractivity contribution >= 4 is 5.69 Å². The van der Waals surface area contributed by atoms with Gasteiger partial charge in [-0.25, -0.2) is 0 Å². The highest BCUT2D eigenvalue weighted by atomic mass is 19.4. The van der Waals surface area contributed by atoms with Crippen molar-refractivity contribution in [3.8, 4) is 17.6 Å². The minimum absolute atomic E-state index is 0.231. The number of hydrogen-bond acceptors (Lipinski definition) is 3. The van der Waals surface area contributed by atoms with Crippen LogP contribution in [0.25, 0.3) is 0 Å². The Morgan fingerprint density at radius 1 is 1.05 bits per heavy atom. The molecule has 0 aliphatic carbocycles. The molecule has 0 aliphatic rings. The average Bonchev–Trinajstić information content (AvgIpc) is 2.40. The van der Waals surface area contributed by atoms with E-state index in [1.807, 2.05) is 6.07 Å². The number of nitriles is 1. The van der Waals surface area contributed by atoms with Crippen LogP contribution in [0.3, 0.4) is 0 Å². The van der Waals surface area contributed by atoms with Crippen molar-refractivity contribution in [1.82, 2.24) is 0 Å². The Hall–Kier alpha value is -2.68. The second kappa shape index (κ2) is 5.13. The van der Waals surface area contributed by atoms with E-state index in [9.17, 15) is 13.2 Å². The van der Waals surface area contributed by atoms with Gasteiger partial charge in [0.25, 0.3) is 0 Å². The number of halogens is 3. The zero-order valence-corrected chi connectivity index (χ0v) is 10.1. The lowest BCUT2D eigenvalue weighted by Gasteiger charge is -2.10. The van der Waals surface area contributed by atoms with Crippen LogP contribution < -0.4 is 10.5 Å². The third kappa shape index (κ3) is 3.01. The number of nitrogen functional groups attached to an aromatic ring is 1. The summed E-state index contributed by atoms with van der Waals surface area (Å²) in [6, 6.07) is 10.6. The Kier molecular flexibility index (Phi) is 3.53. The van der Waals surface area contributed by atoms with E-state index >= 15 is 0 Å². The molecule has 3 nitrogen and oxygen atoms in total. The molecule has 0 amide bonds. The summed E-state index contributed by atoms with van der Waals surface area (Å²) >= 11 is 0. The van der Waals surface area contributed by atoms with Gasteiger partial charge in [0.2, 0.25) is 0 Å². The number of benzene rings is 2. The standard InChI is InChI=1S/C14H9F3N2O/c15-14(16,17)10-2-4-11(5-3-10)20-13-6-1-9(8-18)7-12(13)19/h1-7H,19H2. The van der Waals surface area contributed by atoms with Gasteiger partial charge in [0, 0.05) is 0 Å². The minimum Gasteiger partial charge on any atom is -0.455 e. The van der Waals surface area contributed by atoms with Crippen LogP contribution in [0.15, 0.2) is 42.5 Å². The quantitative estimate of drug-likeness (QED) is 0.846. The highest BCUT2D eigenvalue weighted by molar-refractivity contribution is 5.57. The molecule has 0 fully saturated rings. The van der Waals surface area contributed by atoms with Crippen LogP contribution >= 0.6 is 0 Å². The van der Waals surface area contributed by atoms with E-state index in [2.05, 4.69) is 0 Å². The molecule has 20 heavy (non-hydrogen) atoms. The second-order valence-corrected chi connectivity index (χ2v) is 3.99. The molecule has 0 radical (unpaired) electrons. The SMILES string of the molecule is N#Cc1ccc(Oc2ccc(C(F)(F)F)cc2)c(N)c1. The van der Waals surface area contributed by atoms with Crippen LogP contribution in [0.4, 0.5) is 18.9 Å². The molecule has 0 saturated heterocycles. The van der Waals surface area contributed by atoms with Crippen LogP contribution in [0.1, 0.15) is 11.1 Å². The summed E-state index contributed by atoms with van der Waals surface area (Å²) in [5, 5.41) is 8.70. The summed E-state index contributed by atoms with van der Waals surface area (Å²) in [4.78, 5) is 0. The van der Waals surface area contributed by atoms with Crippen molar-refractivity contribution in [3.63, 3.8) is 0 Å². The van der Waals surface area contributed by atoms with Gasteiger partial charge in [-0.3, -0.25) is 0 Å². The van der Waals surface area contributed by atoms with Gasteiger partial charge in [-0.05, 0) is 42.5 Å².